The molecule has 2 rings (SSSR count). The first-order valence-corrected chi connectivity index (χ1v) is 7.17. The molecule has 3 N–H and O–H groups in total. The summed E-state index contributed by atoms with van der Waals surface area (Å²) in [6.07, 6.45) is 3.38. The van der Waals surface area contributed by atoms with Crippen molar-refractivity contribution in [3.05, 3.63) is 54.4 Å². The maximum atomic E-state index is 9.83. The minimum atomic E-state index is -0.516. The topological polar surface area (TPSA) is 69.0 Å². The zero-order valence-electron chi connectivity index (χ0n) is 12.2. The molecule has 0 radical (unpaired) electrons. The van der Waals surface area contributed by atoms with Gasteiger partial charge >= 0.3 is 0 Å². The van der Waals surface area contributed by atoms with Gasteiger partial charge in [-0.2, -0.15) is 0 Å². The van der Waals surface area contributed by atoms with Gasteiger partial charge in [0.15, 0.2) is 0 Å². The lowest BCUT2D eigenvalue weighted by molar-refractivity contribution is 0.180. The van der Waals surface area contributed by atoms with Crippen molar-refractivity contribution in [2.24, 2.45) is 0 Å². The molecular weight excluding hydrogens is 262 g/mol. The van der Waals surface area contributed by atoms with Gasteiger partial charge in [-0.05, 0) is 35.4 Å². The number of nitrogens with one attached hydrogen (secondary N) is 2. The maximum absolute atomic E-state index is 9.83. The summed E-state index contributed by atoms with van der Waals surface area (Å²) < 4.78 is 0. The van der Waals surface area contributed by atoms with Crippen LogP contribution in [0.3, 0.4) is 0 Å². The SMILES string of the molecule is CCNCC(O)CC(=N)c1ccc(-c2ccncc2)cc1. The Balaban J connectivity index is 2.00. The Labute approximate surface area is 125 Å². The number of aliphatic hydroxyl groups excluding tert-OH is 1. The lowest BCUT2D eigenvalue weighted by Gasteiger charge is -2.12. The number of rotatable bonds is 7. The maximum Gasteiger partial charge on any atom is 0.0719 e. The minimum absolute atomic E-state index is 0.363. The number of aliphatic hydroxyl groups is 1. The zero-order valence-corrected chi connectivity index (χ0v) is 12.2. The highest BCUT2D eigenvalue weighted by molar-refractivity contribution is 5.98. The molecule has 0 fully saturated rings. The van der Waals surface area contributed by atoms with Gasteiger partial charge in [0.05, 0.1) is 6.10 Å². The molecular formula is C17H21N3O. The molecule has 1 heterocycles. The second kappa shape index (κ2) is 7.67. The van der Waals surface area contributed by atoms with E-state index < -0.39 is 6.10 Å². The molecule has 4 nitrogen and oxygen atoms in total. The van der Waals surface area contributed by atoms with Crippen LogP contribution in [-0.2, 0) is 0 Å². The predicted octanol–water partition coefficient (Wildman–Crippen LogP) is 2.48. The molecule has 1 aromatic carbocycles. The van der Waals surface area contributed by atoms with Crippen molar-refractivity contribution < 1.29 is 5.11 Å². The van der Waals surface area contributed by atoms with Gasteiger partial charge in [0.1, 0.15) is 0 Å². The predicted molar refractivity (Wildman–Crippen MR) is 85.7 cm³/mol. The lowest BCUT2D eigenvalue weighted by atomic mass is 10.0. The molecule has 1 unspecified atom stereocenters. The van der Waals surface area contributed by atoms with E-state index in [4.69, 9.17) is 5.41 Å². The number of pyridine rings is 1. The summed E-state index contributed by atoms with van der Waals surface area (Å²) in [6, 6.07) is 11.8. The van der Waals surface area contributed by atoms with Crippen molar-refractivity contribution in [2.45, 2.75) is 19.4 Å². The van der Waals surface area contributed by atoms with Crippen LogP contribution in [0.2, 0.25) is 0 Å². The Morgan fingerprint density at radius 1 is 1.14 bits per heavy atom. The number of hydrogen-bond acceptors (Lipinski definition) is 4. The van der Waals surface area contributed by atoms with Crippen LogP contribution in [0.5, 0.6) is 0 Å². The highest BCUT2D eigenvalue weighted by atomic mass is 16.3. The summed E-state index contributed by atoms with van der Waals surface area (Å²) in [5.74, 6) is 0. The van der Waals surface area contributed by atoms with Crippen molar-refractivity contribution in [3.63, 3.8) is 0 Å². The molecule has 0 aliphatic heterocycles. The largest absolute Gasteiger partial charge is 0.391 e. The molecule has 0 spiro atoms. The van der Waals surface area contributed by atoms with Crippen LogP contribution in [0, 0.1) is 5.41 Å². The fraction of sp³-hybridized carbons (Fsp3) is 0.294. The molecule has 2 aromatic rings. The van der Waals surface area contributed by atoms with Gasteiger partial charge < -0.3 is 15.8 Å². The second-order valence-electron chi connectivity index (χ2n) is 4.96. The second-order valence-corrected chi connectivity index (χ2v) is 4.96. The van der Waals surface area contributed by atoms with Gasteiger partial charge in [-0.3, -0.25) is 4.98 Å². The van der Waals surface area contributed by atoms with Crippen molar-refractivity contribution in [1.82, 2.24) is 10.3 Å². The van der Waals surface area contributed by atoms with Crippen LogP contribution in [0.25, 0.3) is 11.1 Å². The van der Waals surface area contributed by atoms with Crippen molar-refractivity contribution in [3.8, 4) is 11.1 Å². The van der Waals surface area contributed by atoms with Crippen molar-refractivity contribution >= 4 is 5.71 Å². The fourth-order valence-electron chi connectivity index (χ4n) is 2.14. The Morgan fingerprint density at radius 2 is 1.76 bits per heavy atom. The summed E-state index contributed by atoms with van der Waals surface area (Å²) in [6.45, 7) is 3.34. The fourth-order valence-corrected chi connectivity index (χ4v) is 2.14. The summed E-state index contributed by atoms with van der Waals surface area (Å²) in [4.78, 5) is 4.01. The minimum Gasteiger partial charge on any atom is -0.391 e. The molecule has 1 aromatic heterocycles. The Bertz CT molecular complexity index is 566. The monoisotopic (exact) mass is 283 g/mol. The lowest BCUT2D eigenvalue weighted by Crippen LogP contribution is -2.28. The number of nitrogens with zero attached hydrogens (tertiary/aromatic N) is 1. The summed E-state index contributed by atoms with van der Waals surface area (Å²) >= 11 is 0. The number of benzene rings is 1. The van der Waals surface area contributed by atoms with Crippen LogP contribution in [0.4, 0.5) is 0 Å². The molecule has 0 bridgehead atoms. The molecule has 110 valence electrons. The van der Waals surface area contributed by atoms with E-state index in [1.165, 1.54) is 0 Å². The van der Waals surface area contributed by atoms with Crippen molar-refractivity contribution in [2.75, 3.05) is 13.1 Å². The van der Waals surface area contributed by atoms with E-state index in [2.05, 4.69) is 10.3 Å². The summed E-state index contributed by atoms with van der Waals surface area (Å²) in [5, 5.41) is 21.0. The quantitative estimate of drug-likeness (QED) is 0.684. The van der Waals surface area contributed by atoms with Gasteiger partial charge in [-0.1, -0.05) is 31.2 Å². The zero-order chi connectivity index (χ0) is 15.1. The average Bonchev–Trinajstić information content (AvgIpc) is 2.54. The number of hydrogen-bond donors (Lipinski definition) is 3. The smallest absolute Gasteiger partial charge is 0.0719 e. The molecule has 0 amide bonds. The van der Waals surface area contributed by atoms with Crippen LogP contribution >= 0.6 is 0 Å². The Hall–Kier alpha value is -2.04. The Morgan fingerprint density at radius 3 is 2.38 bits per heavy atom. The van der Waals surface area contributed by atoms with Crippen LogP contribution in [0.15, 0.2) is 48.8 Å². The normalized spacial score (nSPS) is 12.1. The van der Waals surface area contributed by atoms with Gasteiger partial charge in [0.2, 0.25) is 0 Å². The van der Waals surface area contributed by atoms with Gasteiger partial charge in [0, 0.05) is 31.1 Å². The first-order chi connectivity index (χ1) is 10.2. The van der Waals surface area contributed by atoms with Crippen LogP contribution in [0.1, 0.15) is 18.9 Å². The van der Waals surface area contributed by atoms with E-state index in [-0.39, 0.29) is 0 Å². The third kappa shape index (κ3) is 4.48. The summed E-state index contributed by atoms with van der Waals surface area (Å²) in [7, 11) is 0. The first-order valence-electron chi connectivity index (χ1n) is 7.17. The third-order valence-corrected chi connectivity index (χ3v) is 3.32. The average molecular weight is 283 g/mol. The van der Waals surface area contributed by atoms with E-state index in [0.29, 0.717) is 18.7 Å². The van der Waals surface area contributed by atoms with Crippen LogP contribution < -0.4 is 5.32 Å². The highest BCUT2D eigenvalue weighted by Crippen LogP contribution is 2.19. The van der Waals surface area contributed by atoms with Crippen LogP contribution in [-0.4, -0.2) is 35.0 Å². The highest BCUT2D eigenvalue weighted by Gasteiger charge is 2.09. The van der Waals surface area contributed by atoms with E-state index in [9.17, 15) is 5.11 Å². The standard InChI is InChI=1S/C17H21N3O/c1-2-19-12-16(21)11-17(18)15-5-3-13(4-6-15)14-7-9-20-10-8-14/h3-10,16,18-19,21H,2,11-12H2,1H3. The molecule has 4 heteroatoms. The van der Waals surface area contributed by atoms with E-state index in [1.54, 1.807) is 12.4 Å². The third-order valence-electron chi connectivity index (χ3n) is 3.32. The number of aromatic nitrogens is 1. The molecule has 0 aliphatic rings. The van der Waals surface area contributed by atoms with E-state index in [0.717, 1.165) is 23.2 Å². The van der Waals surface area contributed by atoms with E-state index in [1.807, 2.05) is 43.3 Å². The van der Waals surface area contributed by atoms with Gasteiger partial charge in [0.25, 0.3) is 0 Å². The number of likely N-dealkylation sites (N-methyl/N-ethyl adjacent to an activating group) is 1. The van der Waals surface area contributed by atoms with Gasteiger partial charge in [-0.15, -0.1) is 0 Å². The molecule has 0 aliphatic carbocycles. The molecule has 21 heavy (non-hydrogen) atoms. The van der Waals surface area contributed by atoms with E-state index >= 15 is 0 Å². The van der Waals surface area contributed by atoms with Crippen molar-refractivity contribution in [1.29, 1.82) is 5.41 Å². The molecule has 0 saturated heterocycles. The molecule has 0 saturated carbocycles. The first kappa shape index (κ1) is 15.4. The van der Waals surface area contributed by atoms with Gasteiger partial charge in [-0.25, -0.2) is 0 Å². The molecule has 1 atom stereocenters. The summed E-state index contributed by atoms with van der Waals surface area (Å²) in [5.41, 5.74) is 3.52. The Kier molecular flexibility index (Phi) is 5.60.